The van der Waals surface area contributed by atoms with Crippen LogP contribution < -0.4 is 30.7 Å². The summed E-state index contributed by atoms with van der Waals surface area (Å²) >= 11 is 0.850. The van der Waals surface area contributed by atoms with Gasteiger partial charge in [-0.05, 0) is 18.9 Å². The monoisotopic (exact) mass is 523 g/mol. The molecule has 1 atom stereocenters. The average Bonchev–Trinajstić information content (AvgIpc) is 3.12. The van der Waals surface area contributed by atoms with E-state index in [0.29, 0.717) is 5.82 Å². The molecule has 0 aliphatic carbocycles. The van der Waals surface area contributed by atoms with Gasteiger partial charge in [-0.1, -0.05) is 36.6 Å². The van der Waals surface area contributed by atoms with Crippen molar-refractivity contribution < 1.29 is 23.1 Å². The van der Waals surface area contributed by atoms with Crippen LogP contribution in [0.1, 0.15) is 20.8 Å². The average molecular weight is 524 g/mol. The number of carbonyl (C=O) groups is 1. The smallest absolute Gasteiger partial charge is 0.394 e. The van der Waals surface area contributed by atoms with Crippen LogP contribution in [0.5, 0.6) is 0 Å². The highest BCUT2D eigenvalue weighted by Gasteiger charge is 2.28. The number of hydrogen-bond acceptors (Lipinski definition) is 9. The van der Waals surface area contributed by atoms with Crippen LogP contribution in [0.2, 0.25) is 0 Å². The number of aromatic nitrogens is 3. The van der Waals surface area contributed by atoms with Crippen LogP contribution in [0, 0.1) is 17.2 Å². The minimum atomic E-state index is -4.64. The molecule has 0 fully saturated rings. The van der Waals surface area contributed by atoms with Gasteiger partial charge in [-0.15, -0.1) is 0 Å². The van der Waals surface area contributed by atoms with E-state index in [9.17, 15) is 33.1 Å². The number of aliphatic hydroxyl groups excluding tert-OH is 1. The highest BCUT2D eigenvalue weighted by Crippen LogP contribution is 2.13. The summed E-state index contributed by atoms with van der Waals surface area (Å²) in [6.07, 6.45) is -1.84. The maximum atomic E-state index is 12.6. The van der Waals surface area contributed by atoms with Crippen molar-refractivity contribution >= 4 is 40.5 Å². The fraction of sp³-hybridized carbons (Fsp3) is 0.409. The summed E-state index contributed by atoms with van der Waals surface area (Å²) < 4.78 is 38.4. The Kier molecular flexibility index (Phi) is 10.0. The van der Waals surface area contributed by atoms with E-state index in [1.54, 1.807) is 18.3 Å². The Morgan fingerprint density at radius 1 is 1.39 bits per heavy atom. The van der Waals surface area contributed by atoms with Gasteiger partial charge in [0.25, 0.3) is 11.5 Å². The summed E-state index contributed by atoms with van der Waals surface area (Å²) in [5.74, 6) is -0.424. The van der Waals surface area contributed by atoms with Gasteiger partial charge in [0, 0.05) is 18.9 Å². The SMILES string of the molecule is CCn1c(=C=C(C#N)C(=O)NCC(F)(F)F)sc(=C=CNc2nccc(N[C@@H](CO)C(C)C)n2)c1=O. The second-order valence-corrected chi connectivity index (χ2v) is 8.57. The summed E-state index contributed by atoms with van der Waals surface area (Å²) in [7, 11) is 0. The fourth-order valence-electron chi connectivity index (χ4n) is 2.68. The van der Waals surface area contributed by atoms with Crippen LogP contribution in [0.4, 0.5) is 24.9 Å². The quantitative estimate of drug-likeness (QED) is 0.277. The zero-order valence-electron chi connectivity index (χ0n) is 19.6. The zero-order chi connectivity index (χ0) is 26.9. The van der Waals surface area contributed by atoms with Gasteiger partial charge >= 0.3 is 6.18 Å². The molecule has 2 heterocycles. The van der Waals surface area contributed by atoms with E-state index >= 15 is 0 Å². The van der Waals surface area contributed by atoms with Gasteiger partial charge in [0.15, 0.2) is 5.57 Å². The standard InChI is InChI=1S/C22H24F3N7O3S/c1-4-32-18(9-14(10-26)19(34)29-12-22(23,24)25)36-16(20(32)35)5-7-27-21-28-8-6-17(31-21)30-15(11-33)13(2)3/h6-8,13,15,33H,4,11-12H2,1-3H3,(H,29,34)(H2,27,28,30,31)/t5?,9?,15-/m0/s1. The number of nitriles is 1. The summed E-state index contributed by atoms with van der Waals surface area (Å²) in [6.45, 7) is 4.02. The third-order valence-electron chi connectivity index (χ3n) is 4.61. The number of carbonyl (C=O) groups excluding carboxylic acids is 1. The van der Waals surface area contributed by atoms with Crippen LogP contribution in [-0.2, 0) is 11.3 Å². The van der Waals surface area contributed by atoms with E-state index in [1.165, 1.54) is 23.0 Å². The molecule has 0 aliphatic rings. The highest BCUT2D eigenvalue weighted by atomic mass is 32.1. The predicted molar refractivity (Wildman–Crippen MR) is 128 cm³/mol. The number of hydrogen-bond donors (Lipinski definition) is 4. The van der Waals surface area contributed by atoms with Crippen LogP contribution in [0.15, 0.2) is 28.8 Å². The number of anilines is 2. The molecule has 10 nitrogen and oxygen atoms in total. The molecule has 0 spiro atoms. The van der Waals surface area contributed by atoms with Crippen LogP contribution in [0.25, 0.3) is 11.5 Å². The minimum Gasteiger partial charge on any atom is -0.394 e. The number of rotatable bonds is 9. The number of aliphatic hydroxyl groups is 1. The molecule has 2 rings (SSSR count). The molecule has 0 saturated carbocycles. The molecule has 0 aliphatic heterocycles. The molecule has 2 aromatic heterocycles. The van der Waals surface area contributed by atoms with Crippen LogP contribution in [0.3, 0.4) is 0 Å². The maximum absolute atomic E-state index is 12.6. The van der Waals surface area contributed by atoms with E-state index < -0.39 is 29.8 Å². The van der Waals surface area contributed by atoms with Gasteiger partial charge in [0.2, 0.25) is 5.95 Å². The second kappa shape index (κ2) is 12.7. The first-order valence-electron chi connectivity index (χ1n) is 10.7. The van der Waals surface area contributed by atoms with Gasteiger partial charge in [-0.3, -0.25) is 14.2 Å². The van der Waals surface area contributed by atoms with Gasteiger partial charge in [-0.2, -0.15) is 23.4 Å². The molecule has 14 heteroatoms. The van der Waals surface area contributed by atoms with Gasteiger partial charge in [0.05, 0.1) is 12.6 Å². The van der Waals surface area contributed by atoms with E-state index in [-0.39, 0.29) is 40.3 Å². The Balaban J connectivity index is 2.40. The van der Waals surface area contributed by atoms with Crippen molar-refractivity contribution in [3.05, 3.63) is 43.6 Å². The summed E-state index contributed by atoms with van der Waals surface area (Å²) in [5, 5.41) is 26.1. The maximum Gasteiger partial charge on any atom is 0.405 e. The first-order valence-corrected chi connectivity index (χ1v) is 11.5. The molecular weight excluding hydrogens is 499 g/mol. The number of alkyl halides is 3. The molecule has 4 N–H and O–H groups in total. The third kappa shape index (κ3) is 8.11. The van der Waals surface area contributed by atoms with Crippen LogP contribution >= 0.6 is 11.3 Å². The molecule has 2 aromatic rings. The van der Waals surface area contributed by atoms with Crippen molar-refractivity contribution in [3.63, 3.8) is 0 Å². The lowest BCUT2D eigenvalue weighted by Gasteiger charge is -2.20. The summed E-state index contributed by atoms with van der Waals surface area (Å²) in [6, 6.07) is 2.93. The lowest BCUT2D eigenvalue weighted by molar-refractivity contribution is -0.136. The Labute approximate surface area is 207 Å². The molecular formula is C22H24F3N7O3S. The van der Waals surface area contributed by atoms with Crippen molar-refractivity contribution in [1.82, 2.24) is 19.9 Å². The Bertz CT molecular complexity index is 1380. The Morgan fingerprint density at radius 3 is 2.69 bits per heavy atom. The van der Waals surface area contributed by atoms with Crippen molar-refractivity contribution in [2.75, 3.05) is 23.8 Å². The largest absolute Gasteiger partial charge is 0.405 e. The van der Waals surface area contributed by atoms with Crippen molar-refractivity contribution in [2.24, 2.45) is 5.92 Å². The molecule has 0 aromatic carbocycles. The normalized spacial score (nSPS) is 11.6. The predicted octanol–water partition coefficient (Wildman–Crippen LogP) is 0.662. The lowest BCUT2D eigenvalue weighted by atomic mass is 10.1. The topological polar surface area (TPSA) is 145 Å². The third-order valence-corrected chi connectivity index (χ3v) is 5.63. The number of nitrogens with zero attached hydrogens (tertiary/aromatic N) is 4. The minimum absolute atomic E-state index is 0.0725. The van der Waals surface area contributed by atoms with Gasteiger partial charge in [0.1, 0.15) is 27.6 Å². The molecule has 0 bridgehead atoms. The molecule has 0 unspecified atom stereocenters. The Hall–Kier alpha value is -3.88. The molecule has 36 heavy (non-hydrogen) atoms. The summed E-state index contributed by atoms with van der Waals surface area (Å²) in [5.41, 5.74) is 3.97. The molecule has 0 saturated heterocycles. The van der Waals surface area contributed by atoms with Crippen LogP contribution in [-0.4, -0.2) is 50.9 Å². The summed E-state index contributed by atoms with van der Waals surface area (Å²) in [4.78, 5) is 32.9. The van der Waals surface area contributed by atoms with Crippen molar-refractivity contribution in [2.45, 2.75) is 39.5 Å². The molecule has 192 valence electrons. The highest BCUT2D eigenvalue weighted by molar-refractivity contribution is 7.07. The van der Waals surface area contributed by atoms with Crippen molar-refractivity contribution in [1.29, 1.82) is 5.26 Å². The number of halogens is 3. The second-order valence-electron chi connectivity index (χ2n) is 7.57. The van der Waals surface area contributed by atoms with E-state index in [2.05, 4.69) is 32.1 Å². The number of thiazole rings is 1. The first kappa shape index (κ1) is 28.4. The lowest BCUT2D eigenvalue weighted by Crippen LogP contribution is -2.34. The fourth-order valence-corrected chi connectivity index (χ4v) is 3.66. The number of nitrogens with one attached hydrogen (secondary N) is 3. The van der Waals surface area contributed by atoms with Gasteiger partial charge < -0.3 is 21.1 Å². The Morgan fingerprint density at radius 2 is 2.11 bits per heavy atom. The zero-order valence-corrected chi connectivity index (χ0v) is 20.4. The van der Waals surface area contributed by atoms with E-state index in [4.69, 9.17) is 0 Å². The van der Waals surface area contributed by atoms with Crippen molar-refractivity contribution in [3.8, 4) is 6.07 Å². The van der Waals surface area contributed by atoms with Gasteiger partial charge in [-0.25, -0.2) is 4.98 Å². The van der Waals surface area contributed by atoms with E-state index in [0.717, 1.165) is 11.3 Å². The number of amides is 1. The molecule has 1 amide bonds. The van der Waals surface area contributed by atoms with E-state index in [1.807, 2.05) is 13.8 Å². The molecule has 0 radical (unpaired) electrons. The first-order chi connectivity index (χ1) is 17.0.